The first-order valence-electron chi connectivity index (χ1n) is 14.8. The topological polar surface area (TPSA) is 66.8 Å². The van der Waals surface area contributed by atoms with E-state index in [4.69, 9.17) is 4.74 Å². The third-order valence-electron chi connectivity index (χ3n) is 8.49. The molecule has 7 rings (SSSR count). The summed E-state index contributed by atoms with van der Waals surface area (Å²) in [7, 11) is -5.78. The number of ether oxygens (including phenoxy) is 1. The van der Waals surface area contributed by atoms with Crippen molar-refractivity contribution in [2.75, 3.05) is 0 Å². The van der Waals surface area contributed by atoms with Gasteiger partial charge in [0.05, 0.1) is 0 Å². The van der Waals surface area contributed by atoms with E-state index < -0.39 is 20.9 Å². The molecule has 2 N–H and O–H groups in total. The van der Waals surface area contributed by atoms with Crippen LogP contribution in [0.5, 0.6) is 11.5 Å². The third kappa shape index (κ3) is 5.25. The number of benzene rings is 6. The van der Waals surface area contributed by atoms with Gasteiger partial charge in [-0.1, -0.05) is 147 Å². The van der Waals surface area contributed by atoms with E-state index in [2.05, 4.69) is 105 Å². The fraction of sp³-hybridized carbons (Fsp3) is 0.0769. The van der Waals surface area contributed by atoms with E-state index in [0.717, 1.165) is 49.3 Å². The predicted molar refractivity (Wildman–Crippen MR) is 186 cm³/mol. The first-order valence-corrected chi connectivity index (χ1v) is 17.8. The largest absolute Gasteiger partial charge is 0.455 e. The van der Waals surface area contributed by atoms with E-state index in [1.54, 1.807) is 6.07 Å². The summed E-state index contributed by atoms with van der Waals surface area (Å²) in [6.07, 6.45) is 0. The Bertz CT molecular complexity index is 2000. The number of hydrogen-bond donors (Lipinski definition) is 2. The lowest BCUT2D eigenvalue weighted by Crippen LogP contribution is -2.33. The van der Waals surface area contributed by atoms with E-state index in [1.807, 2.05) is 42.5 Å². The standard InChI is InChI=1S/C39H32O4P2/c1-39(2)32-24-15-25-34(45(40,41)42)37(32)43-38-33(44(29-20-11-5-12-21-29)30-22-13-6-14-23-30)26-31(27-16-7-3-8-17-27)35(36(38)39)28-18-9-4-10-19-28/h3-26H,1-2H3,(H2,40,41,42). The molecule has 0 aromatic heterocycles. The van der Waals surface area contributed by atoms with Gasteiger partial charge in [0.2, 0.25) is 0 Å². The molecule has 45 heavy (non-hydrogen) atoms. The van der Waals surface area contributed by atoms with Gasteiger partial charge in [-0.2, -0.15) is 0 Å². The van der Waals surface area contributed by atoms with Crippen LogP contribution >= 0.6 is 15.5 Å². The molecule has 1 aliphatic heterocycles. The van der Waals surface area contributed by atoms with E-state index in [9.17, 15) is 14.4 Å². The minimum absolute atomic E-state index is 0.0955. The Morgan fingerprint density at radius 2 is 1.13 bits per heavy atom. The lowest BCUT2D eigenvalue weighted by molar-refractivity contribution is 0.382. The van der Waals surface area contributed by atoms with Crippen LogP contribution < -0.4 is 26.0 Å². The van der Waals surface area contributed by atoms with E-state index in [-0.39, 0.29) is 11.1 Å². The second-order valence-electron chi connectivity index (χ2n) is 11.7. The molecule has 0 saturated heterocycles. The van der Waals surface area contributed by atoms with Gasteiger partial charge in [-0.3, -0.25) is 4.57 Å². The van der Waals surface area contributed by atoms with Crippen molar-refractivity contribution in [1.82, 2.24) is 0 Å². The molecule has 0 radical (unpaired) electrons. The molecule has 0 spiro atoms. The van der Waals surface area contributed by atoms with E-state index in [1.165, 1.54) is 6.07 Å². The Balaban J connectivity index is 1.66. The van der Waals surface area contributed by atoms with Gasteiger partial charge in [-0.05, 0) is 52.9 Å². The second-order valence-corrected chi connectivity index (χ2v) is 15.4. The molecule has 0 saturated carbocycles. The molecule has 1 heterocycles. The highest BCUT2D eigenvalue weighted by molar-refractivity contribution is 7.80. The molecular weight excluding hydrogens is 594 g/mol. The molecule has 0 atom stereocenters. The van der Waals surface area contributed by atoms with Crippen molar-refractivity contribution in [2.24, 2.45) is 0 Å². The molecule has 0 fully saturated rings. The molecule has 222 valence electrons. The number of rotatable bonds is 6. The molecular formula is C39H32O4P2. The summed E-state index contributed by atoms with van der Waals surface area (Å²) in [4.78, 5) is 20.9. The van der Waals surface area contributed by atoms with Crippen LogP contribution in [0.25, 0.3) is 22.3 Å². The maximum Gasteiger partial charge on any atom is 0.359 e. The zero-order valence-corrected chi connectivity index (χ0v) is 26.8. The Morgan fingerprint density at radius 3 is 1.67 bits per heavy atom. The zero-order chi connectivity index (χ0) is 31.2. The van der Waals surface area contributed by atoms with E-state index in [0.29, 0.717) is 5.75 Å². The molecule has 0 amide bonds. The van der Waals surface area contributed by atoms with Crippen molar-refractivity contribution in [1.29, 1.82) is 0 Å². The van der Waals surface area contributed by atoms with Crippen LogP contribution in [0.15, 0.2) is 146 Å². The average Bonchev–Trinajstić information content (AvgIpc) is 3.06. The van der Waals surface area contributed by atoms with Gasteiger partial charge in [0, 0.05) is 21.8 Å². The number of fused-ring (bicyclic) bond motifs is 2. The highest BCUT2D eigenvalue weighted by Crippen LogP contribution is 2.57. The number of para-hydroxylation sites is 1. The van der Waals surface area contributed by atoms with Crippen LogP contribution in [0, 0.1) is 0 Å². The van der Waals surface area contributed by atoms with Gasteiger partial charge in [0.1, 0.15) is 16.8 Å². The highest BCUT2D eigenvalue weighted by atomic mass is 31.2. The Morgan fingerprint density at radius 1 is 0.622 bits per heavy atom. The van der Waals surface area contributed by atoms with Crippen molar-refractivity contribution >= 4 is 36.7 Å². The maximum absolute atomic E-state index is 12.8. The second kappa shape index (κ2) is 11.6. The lowest BCUT2D eigenvalue weighted by Gasteiger charge is -2.40. The van der Waals surface area contributed by atoms with Crippen molar-refractivity contribution < 1.29 is 19.1 Å². The van der Waals surface area contributed by atoms with Gasteiger partial charge >= 0.3 is 7.60 Å². The summed E-state index contributed by atoms with van der Waals surface area (Å²) in [6, 6.07) is 49.0. The number of hydrogen-bond acceptors (Lipinski definition) is 2. The van der Waals surface area contributed by atoms with Crippen LogP contribution in [0.4, 0.5) is 0 Å². The Hall–Kier alpha value is -4.30. The van der Waals surface area contributed by atoms with E-state index >= 15 is 0 Å². The summed E-state index contributed by atoms with van der Waals surface area (Å²) in [5.41, 5.74) is 5.34. The van der Waals surface area contributed by atoms with Crippen LogP contribution in [-0.2, 0) is 9.98 Å². The molecule has 0 aliphatic carbocycles. The van der Waals surface area contributed by atoms with Crippen molar-refractivity contribution in [2.45, 2.75) is 19.3 Å². The highest BCUT2D eigenvalue weighted by Gasteiger charge is 2.43. The summed E-state index contributed by atoms with van der Waals surface area (Å²) in [5, 5.41) is 3.21. The molecule has 0 unspecified atom stereocenters. The van der Waals surface area contributed by atoms with Gasteiger partial charge < -0.3 is 14.5 Å². The molecule has 4 nitrogen and oxygen atoms in total. The minimum Gasteiger partial charge on any atom is -0.455 e. The van der Waals surface area contributed by atoms with Gasteiger partial charge in [-0.25, -0.2) is 0 Å². The van der Waals surface area contributed by atoms with Gasteiger partial charge in [0.15, 0.2) is 0 Å². The van der Waals surface area contributed by atoms with Crippen molar-refractivity contribution in [3.63, 3.8) is 0 Å². The summed E-state index contributed by atoms with van der Waals surface area (Å²) in [6.45, 7) is 4.27. The van der Waals surface area contributed by atoms with Crippen LogP contribution in [0.2, 0.25) is 0 Å². The average molecular weight is 627 g/mol. The van der Waals surface area contributed by atoms with Gasteiger partial charge in [-0.15, -0.1) is 0 Å². The Kier molecular flexibility index (Phi) is 7.56. The smallest absolute Gasteiger partial charge is 0.359 e. The minimum atomic E-state index is -4.65. The zero-order valence-electron chi connectivity index (χ0n) is 25.0. The van der Waals surface area contributed by atoms with Crippen LogP contribution in [0.1, 0.15) is 25.0 Å². The van der Waals surface area contributed by atoms with Crippen molar-refractivity contribution in [3.8, 4) is 33.8 Å². The van der Waals surface area contributed by atoms with Crippen LogP contribution in [0.3, 0.4) is 0 Å². The summed E-state index contributed by atoms with van der Waals surface area (Å²) >= 11 is 0. The fourth-order valence-corrected chi connectivity index (χ4v) is 9.56. The molecule has 6 heteroatoms. The molecule has 6 aromatic rings. The monoisotopic (exact) mass is 626 g/mol. The Labute approximate surface area is 264 Å². The van der Waals surface area contributed by atoms with Crippen LogP contribution in [-0.4, -0.2) is 9.79 Å². The summed E-state index contributed by atoms with van der Waals surface area (Å²) in [5.74, 6) is 0.901. The molecule has 0 bridgehead atoms. The predicted octanol–water partition coefficient (Wildman–Crippen LogP) is 8.01. The fourth-order valence-electron chi connectivity index (χ4n) is 6.44. The maximum atomic E-state index is 12.8. The van der Waals surface area contributed by atoms with Crippen molar-refractivity contribution in [3.05, 3.63) is 157 Å². The molecule has 1 aliphatic rings. The first kappa shape index (κ1) is 29.4. The summed E-state index contributed by atoms with van der Waals surface area (Å²) < 4.78 is 19.7. The molecule has 6 aromatic carbocycles. The first-order chi connectivity index (χ1) is 21.7. The quantitative estimate of drug-likeness (QED) is 0.184. The third-order valence-corrected chi connectivity index (χ3v) is 11.9. The lowest BCUT2D eigenvalue weighted by atomic mass is 9.71. The SMILES string of the molecule is CC1(C)c2cccc(P(=O)(O)O)c2Oc2c(P(c3ccccc3)c3ccccc3)cc(-c3ccccc3)c(-c3ccccc3)c21. The van der Waals surface area contributed by atoms with Gasteiger partial charge in [0.25, 0.3) is 0 Å². The normalized spacial score (nSPS) is 13.5.